The molecule has 0 amide bonds. The number of hydrogen-bond donors (Lipinski definition) is 0. The van der Waals surface area contributed by atoms with Crippen molar-refractivity contribution >= 4 is 32.6 Å². The summed E-state index contributed by atoms with van der Waals surface area (Å²) in [5.74, 6) is 0. The summed E-state index contributed by atoms with van der Waals surface area (Å²) in [7, 11) is 0. The summed E-state index contributed by atoms with van der Waals surface area (Å²) in [4.78, 5) is 0. The van der Waals surface area contributed by atoms with E-state index in [2.05, 4.69) is 156 Å². The van der Waals surface area contributed by atoms with E-state index < -0.39 is 0 Å². The molecule has 1 aromatic heterocycles. The average Bonchev–Trinajstić information content (AvgIpc) is 3.59. The first-order valence-corrected chi connectivity index (χ1v) is 15.2. The summed E-state index contributed by atoms with van der Waals surface area (Å²) in [5.41, 5.74) is 13.9. The van der Waals surface area contributed by atoms with Crippen LogP contribution in [0.15, 0.2) is 152 Å². The third kappa shape index (κ3) is 3.93. The van der Waals surface area contributed by atoms with Crippen LogP contribution in [0.3, 0.4) is 0 Å². The molecule has 1 aliphatic carbocycles. The van der Waals surface area contributed by atoms with Gasteiger partial charge in [0.2, 0.25) is 0 Å². The Morgan fingerprint density at radius 1 is 0.372 bits per heavy atom. The number of para-hydroxylation sites is 2. The van der Waals surface area contributed by atoms with Gasteiger partial charge in [-0.3, -0.25) is 0 Å². The van der Waals surface area contributed by atoms with Gasteiger partial charge in [-0.2, -0.15) is 0 Å². The molecular weight excluding hydrogens is 518 g/mol. The molecule has 7 aromatic carbocycles. The zero-order valence-electron chi connectivity index (χ0n) is 24.4. The van der Waals surface area contributed by atoms with E-state index in [-0.39, 0.29) is 0 Å². The Morgan fingerprint density at radius 2 is 0.953 bits per heavy atom. The number of hydrogen-bond acceptors (Lipinski definition) is 0. The molecule has 0 N–H and O–H groups in total. The SMILES string of the molecule is CC.c1ccc(-n2c3ccccc3c3ccc(-c4ccc(-c5ccc6c(c5)-c5cccc7cccc-6c57)cc4)cc32)cc1. The number of rotatable bonds is 3. The highest BCUT2D eigenvalue weighted by molar-refractivity contribution is 6.15. The van der Waals surface area contributed by atoms with Gasteiger partial charge in [0.25, 0.3) is 0 Å². The molecule has 204 valence electrons. The van der Waals surface area contributed by atoms with Gasteiger partial charge < -0.3 is 4.57 Å². The zero-order valence-corrected chi connectivity index (χ0v) is 24.4. The summed E-state index contributed by atoms with van der Waals surface area (Å²) in [5, 5.41) is 5.24. The number of nitrogens with zero attached hydrogens (tertiary/aromatic N) is 1. The number of fused-ring (bicyclic) bond motifs is 6. The van der Waals surface area contributed by atoms with Crippen LogP contribution < -0.4 is 0 Å². The second kappa shape index (κ2) is 10.2. The molecule has 1 aliphatic rings. The van der Waals surface area contributed by atoms with Crippen molar-refractivity contribution in [3.05, 3.63) is 152 Å². The lowest BCUT2D eigenvalue weighted by Crippen LogP contribution is -1.93. The highest BCUT2D eigenvalue weighted by Gasteiger charge is 2.21. The third-order valence-electron chi connectivity index (χ3n) is 8.74. The van der Waals surface area contributed by atoms with Gasteiger partial charge in [0.05, 0.1) is 11.0 Å². The van der Waals surface area contributed by atoms with Crippen LogP contribution in [0.2, 0.25) is 0 Å². The fourth-order valence-electron chi connectivity index (χ4n) is 6.83. The molecule has 0 saturated heterocycles. The van der Waals surface area contributed by atoms with Crippen LogP contribution in [-0.2, 0) is 0 Å². The Labute approximate surface area is 252 Å². The van der Waals surface area contributed by atoms with E-state index in [1.54, 1.807) is 0 Å². The normalized spacial score (nSPS) is 11.5. The standard InChI is InChI=1S/C40H25N.C2H6/c1-2-10-31(11-3-1)41-38-15-5-4-12-33(38)34-23-21-30(25-39(34)41)27-18-16-26(17-19-27)29-20-22-32-35-13-6-8-28-9-7-14-36(40(28)35)37(32)24-29;1-2/h1-25H;1-2H3. The van der Waals surface area contributed by atoms with Crippen molar-refractivity contribution in [1.82, 2.24) is 4.57 Å². The van der Waals surface area contributed by atoms with Crippen LogP contribution in [0.25, 0.3) is 82.8 Å². The van der Waals surface area contributed by atoms with Crippen molar-refractivity contribution in [3.63, 3.8) is 0 Å². The van der Waals surface area contributed by atoms with Crippen molar-refractivity contribution in [3.8, 4) is 50.2 Å². The Balaban J connectivity index is 0.00000136. The van der Waals surface area contributed by atoms with E-state index in [1.807, 2.05) is 13.8 Å². The molecule has 1 nitrogen and oxygen atoms in total. The van der Waals surface area contributed by atoms with Gasteiger partial charge in [0, 0.05) is 16.5 Å². The second-order valence-electron chi connectivity index (χ2n) is 11.0. The summed E-state index contributed by atoms with van der Waals surface area (Å²) < 4.78 is 2.38. The number of benzene rings is 7. The summed E-state index contributed by atoms with van der Waals surface area (Å²) in [6.45, 7) is 4.00. The monoisotopic (exact) mass is 549 g/mol. The minimum atomic E-state index is 1.18. The minimum Gasteiger partial charge on any atom is -0.309 e. The van der Waals surface area contributed by atoms with Crippen LogP contribution in [0.1, 0.15) is 13.8 Å². The van der Waals surface area contributed by atoms with Crippen molar-refractivity contribution in [2.24, 2.45) is 0 Å². The summed E-state index contributed by atoms with van der Waals surface area (Å²) in [6.07, 6.45) is 0. The maximum absolute atomic E-state index is 2.38. The van der Waals surface area contributed by atoms with E-state index in [0.717, 1.165) is 0 Å². The van der Waals surface area contributed by atoms with E-state index >= 15 is 0 Å². The van der Waals surface area contributed by atoms with E-state index in [9.17, 15) is 0 Å². The van der Waals surface area contributed by atoms with Crippen molar-refractivity contribution in [2.45, 2.75) is 13.8 Å². The third-order valence-corrected chi connectivity index (χ3v) is 8.74. The first-order valence-electron chi connectivity index (χ1n) is 15.2. The van der Waals surface area contributed by atoms with Crippen LogP contribution in [0.4, 0.5) is 0 Å². The molecule has 0 fully saturated rings. The molecule has 9 rings (SSSR count). The molecule has 0 saturated carbocycles. The molecule has 0 unspecified atom stereocenters. The van der Waals surface area contributed by atoms with E-state index in [0.29, 0.717) is 0 Å². The topological polar surface area (TPSA) is 4.93 Å². The molecule has 0 atom stereocenters. The molecule has 8 aromatic rings. The van der Waals surface area contributed by atoms with Crippen molar-refractivity contribution in [2.75, 3.05) is 0 Å². The predicted molar refractivity (Wildman–Crippen MR) is 185 cm³/mol. The van der Waals surface area contributed by atoms with Crippen molar-refractivity contribution < 1.29 is 0 Å². The molecule has 0 spiro atoms. The van der Waals surface area contributed by atoms with Crippen LogP contribution in [0, 0.1) is 0 Å². The maximum atomic E-state index is 2.38. The van der Waals surface area contributed by atoms with Gasteiger partial charge in [-0.15, -0.1) is 0 Å². The lowest BCUT2D eigenvalue weighted by molar-refractivity contribution is 1.18. The zero-order chi connectivity index (χ0) is 28.9. The smallest absolute Gasteiger partial charge is 0.0547 e. The molecule has 0 aliphatic heterocycles. The summed E-state index contributed by atoms with van der Waals surface area (Å²) in [6, 6.07) is 55.5. The Morgan fingerprint density at radius 3 is 1.70 bits per heavy atom. The van der Waals surface area contributed by atoms with E-state index in [1.165, 1.54) is 82.8 Å². The number of aromatic nitrogens is 1. The molecule has 0 radical (unpaired) electrons. The van der Waals surface area contributed by atoms with Gasteiger partial charge >= 0.3 is 0 Å². The Kier molecular flexibility index (Phi) is 5.98. The first-order chi connectivity index (χ1) is 21.3. The quantitative estimate of drug-likeness (QED) is 0.207. The molecule has 1 heterocycles. The fraction of sp³-hybridized carbons (Fsp3) is 0.0476. The molecule has 0 bridgehead atoms. The lowest BCUT2D eigenvalue weighted by Gasteiger charge is -2.10. The minimum absolute atomic E-state index is 1.18. The average molecular weight is 550 g/mol. The Hall–Kier alpha value is -5.40. The largest absolute Gasteiger partial charge is 0.309 e. The highest BCUT2D eigenvalue weighted by atomic mass is 15.0. The first kappa shape index (κ1) is 25.3. The highest BCUT2D eigenvalue weighted by Crippen LogP contribution is 2.48. The van der Waals surface area contributed by atoms with Crippen LogP contribution in [-0.4, -0.2) is 4.57 Å². The Bertz CT molecular complexity index is 2280. The van der Waals surface area contributed by atoms with Gasteiger partial charge in [-0.25, -0.2) is 0 Å². The van der Waals surface area contributed by atoms with Crippen LogP contribution in [0.5, 0.6) is 0 Å². The second-order valence-corrected chi connectivity index (χ2v) is 11.0. The van der Waals surface area contributed by atoms with Gasteiger partial charge in [0.1, 0.15) is 0 Å². The van der Waals surface area contributed by atoms with Gasteiger partial charge in [-0.1, -0.05) is 135 Å². The molecule has 43 heavy (non-hydrogen) atoms. The predicted octanol–water partition coefficient (Wildman–Crippen LogP) is 11.9. The molecular formula is C42H31N. The van der Waals surface area contributed by atoms with Crippen molar-refractivity contribution in [1.29, 1.82) is 0 Å². The lowest BCUT2D eigenvalue weighted by atomic mass is 9.96. The maximum Gasteiger partial charge on any atom is 0.0547 e. The summed E-state index contributed by atoms with van der Waals surface area (Å²) >= 11 is 0. The van der Waals surface area contributed by atoms with Gasteiger partial charge in [0.15, 0.2) is 0 Å². The fourth-order valence-corrected chi connectivity index (χ4v) is 6.83. The van der Waals surface area contributed by atoms with E-state index in [4.69, 9.17) is 0 Å². The van der Waals surface area contributed by atoms with Crippen LogP contribution >= 0.6 is 0 Å². The molecule has 1 heteroatoms. The van der Waals surface area contributed by atoms with Gasteiger partial charge in [-0.05, 0) is 85.6 Å².